The van der Waals surface area contributed by atoms with Crippen LogP contribution in [0.2, 0.25) is 0 Å². The second-order valence-corrected chi connectivity index (χ2v) is 2.81. The van der Waals surface area contributed by atoms with E-state index in [2.05, 4.69) is 37.3 Å². The zero-order valence-electron chi connectivity index (χ0n) is 8.45. The maximum Gasteiger partial charge on any atom is 0.0465 e. The molecule has 0 spiro atoms. The van der Waals surface area contributed by atoms with Gasteiger partial charge >= 0.3 is 0 Å². The summed E-state index contributed by atoms with van der Waals surface area (Å²) >= 11 is 0. The van der Waals surface area contributed by atoms with Gasteiger partial charge in [0.15, 0.2) is 0 Å². The number of allylic oxidation sites excluding steroid dienone is 5. The van der Waals surface area contributed by atoms with Gasteiger partial charge in [-0.2, -0.15) is 0 Å². The Hall–Kier alpha value is -0.820. The molecule has 0 fully saturated rings. The van der Waals surface area contributed by atoms with E-state index in [1.54, 1.807) is 0 Å². The molecule has 0 rings (SSSR count). The Morgan fingerprint density at radius 3 is 1.92 bits per heavy atom. The van der Waals surface area contributed by atoms with Gasteiger partial charge in [0, 0.05) is 6.61 Å². The molecular weight excluding hydrogens is 160 g/mol. The van der Waals surface area contributed by atoms with Gasteiger partial charge in [-0.25, -0.2) is 0 Å². The van der Waals surface area contributed by atoms with Gasteiger partial charge in [0.25, 0.3) is 0 Å². The van der Waals surface area contributed by atoms with Gasteiger partial charge in [-0.3, -0.25) is 0 Å². The van der Waals surface area contributed by atoms with Gasteiger partial charge in [0.1, 0.15) is 0 Å². The summed E-state index contributed by atoms with van der Waals surface area (Å²) in [5.41, 5.74) is 0. The topological polar surface area (TPSA) is 20.2 Å². The van der Waals surface area contributed by atoms with Gasteiger partial charge in [-0.15, -0.1) is 0 Å². The third-order valence-corrected chi connectivity index (χ3v) is 1.58. The van der Waals surface area contributed by atoms with Crippen molar-refractivity contribution in [2.75, 3.05) is 6.61 Å². The molecule has 1 N–H and O–H groups in total. The standard InChI is InChI=1S/C12H20O/c1-2-3-4-5-6-7-8-9-10-11-12-13/h3-4,6-7,9-10,13H,2,5,8,11-12H2,1H3/b4-3+,7-6+,10-9+. The quantitative estimate of drug-likeness (QED) is 0.596. The zero-order chi connectivity index (χ0) is 9.78. The molecule has 0 radical (unpaired) electrons. The minimum absolute atomic E-state index is 0.249. The Labute approximate surface area is 81.5 Å². The average Bonchev–Trinajstić information content (AvgIpc) is 2.16. The van der Waals surface area contributed by atoms with Gasteiger partial charge in [0.05, 0.1) is 0 Å². The van der Waals surface area contributed by atoms with Crippen molar-refractivity contribution >= 4 is 0 Å². The third-order valence-electron chi connectivity index (χ3n) is 1.58. The minimum Gasteiger partial charge on any atom is -0.396 e. The third kappa shape index (κ3) is 11.2. The Morgan fingerprint density at radius 2 is 1.38 bits per heavy atom. The predicted molar refractivity (Wildman–Crippen MR) is 58.6 cm³/mol. The van der Waals surface area contributed by atoms with Crippen molar-refractivity contribution < 1.29 is 5.11 Å². The SMILES string of the molecule is CC/C=C/C/C=C/C/C=C/CCO. The van der Waals surface area contributed by atoms with Crippen LogP contribution in [0.5, 0.6) is 0 Å². The van der Waals surface area contributed by atoms with Gasteiger partial charge in [-0.05, 0) is 25.7 Å². The van der Waals surface area contributed by atoms with E-state index in [0.717, 1.165) is 25.7 Å². The summed E-state index contributed by atoms with van der Waals surface area (Å²) in [4.78, 5) is 0. The Kier molecular flexibility index (Phi) is 10.5. The van der Waals surface area contributed by atoms with Gasteiger partial charge < -0.3 is 5.11 Å². The summed E-state index contributed by atoms with van der Waals surface area (Å²) in [5, 5.41) is 8.49. The second-order valence-electron chi connectivity index (χ2n) is 2.81. The largest absolute Gasteiger partial charge is 0.396 e. The summed E-state index contributed by atoms with van der Waals surface area (Å²) in [6.45, 7) is 2.39. The first-order valence-corrected chi connectivity index (χ1v) is 4.97. The Bertz CT molecular complexity index is 166. The van der Waals surface area contributed by atoms with Crippen LogP contribution in [0.4, 0.5) is 0 Å². The molecule has 0 heterocycles. The van der Waals surface area contributed by atoms with Crippen molar-refractivity contribution in [3.63, 3.8) is 0 Å². The number of hydrogen-bond donors (Lipinski definition) is 1. The number of aliphatic hydroxyl groups excluding tert-OH is 1. The van der Waals surface area contributed by atoms with Crippen LogP contribution in [0, 0.1) is 0 Å². The molecule has 0 aromatic rings. The summed E-state index contributed by atoms with van der Waals surface area (Å²) in [7, 11) is 0. The van der Waals surface area contributed by atoms with Crippen LogP contribution >= 0.6 is 0 Å². The second kappa shape index (κ2) is 11.2. The highest BCUT2D eigenvalue weighted by Gasteiger charge is 1.74. The monoisotopic (exact) mass is 180 g/mol. The van der Waals surface area contributed by atoms with Crippen LogP contribution in [0.25, 0.3) is 0 Å². The van der Waals surface area contributed by atoms with E-state index in [-0.39, 0.29) is 6.61 Å². The lowest BCUT2D eigenvalue weighted by Gasteiger charge is -1.84. The molecule has 1 nitrogen and oxygen atoms in total. The van der Waals surface area contributed by atoms with Crippen molar-refractivity contribution in [1.29, 1.82) is 0 Å². The van der Waals surface area contributed by atoms with E-state index in [1.807, 2.05) is 6.08 Å². The lowest BCUT2D eigenvalue weighted by atomic mass is 10.2. The molecular formula is C12H20O. The van der Waals surface area contributed by atoms with E-state index >= 15 is 0 Å². The first-order chi connectivity index (χ1) is 6.41. The number of rotatable bonds is 7. The van der Waals surface area contributed by atoms with Crippen molar-refractivity contribution in [3.05, 3.63) is 36.5 Å². The molecule has 13 heavy (non-hydrogen) atoms. The van der Waals surface area contributed by atoms with E-state index in [9.17, 15) is 0 Å². The summed E-state index contributed by atoms with van der Waals surface area (Å²) in [5.74, 6) is 0. The molecule has 0 bridgehead atoms. The molecule has 0 unspecified atom stereocenters. The first-order valence-electron chi connectivity index (χ1n) is 4.97. The maximum absolute atomic E-state index is 8.49. The van der Waals surface area contributed by atoms with Crippen LogP contribution in [-0.2, 0) is 0 Å². The van der Waals surface area contributed by atoms with Gasteiger partial charge in [0.2, 0.25) is 0 Å². The zero-order valence-corrected chi connectivity index (χ0v) is 8.45. The molecule has 0 aliphatic rings. The molecule has 0 aliphatic heterocycles. The van der Waals surface area contributed by atoms with Gasteiger partial charge in [-0.1, -0.05) is 43.4 Å². The van der Waals surface area contributed by atoms with Crippen molar-refractivity contribution in [2.24, 2.45) is 0 Å². The Balaban J connectivity index is 3.26. The highest BCUT2D eigenvalue weighted by molar-refractivity contribution is 4.96. The lowest BCUT2D eigenvalue weighted by molar-refractivity contribution is 0.302. The molecule has 0 aromatic carbocycles. The molecule has 0 saturated heterocycles. The highest BCUT2D eigenvalue weighted by atomic mass is 16.2. The van der Waals surface area contributed by atoms with Crippen molar-refractivity contribution in [1.82, 2.24) is 0 Å². The summed E-state index contributed by atoms with van der Waals surface area (Å²) < 4.78 is 0. The van der Waals surface area contributed by atoms with Crippen LogP contribution < -0.4 is 0 Å². The molecule has 1 heteroatoms. The summed E-state index contributed by atoms with van der Waals surface area (Å²) in [6.07, 6.45) is 16.6. The van der Waals surface area contributed by atoms with Crippen molar-refractivity contribution in [2.45, 2.75) is 32.6 Å². The number of aliphatic hydroxyl groups is 1. The van der Waals surface area contributed by atoms with Crippen molar-refractivity contribution in [3.8, 4) is 0 Å². The minimum atomic E-state index is 0.249. The van der Waals surface area contributed by atoms with E-state index in [0.29, 0.717) is 0 Å². The molecule has 0 amide bonds. The van der Waals surface area contributed by atoms with Crippen LogP contribution in [-0.4, -0.2) is 11.7 Å². The van der Waals surface area contributed by atoms with E-state index in [4.69, 9.17) is 5.11 Å². The fraction of sp³-hybridized carbons (Fsp3) is 0.500. The van der Waals surface area contributed by atoms with Crippen LogP contribution in [0.1, 0.15) is 32.6 Å². The average molecular weight is 180 g/mol. The maximum atomic E-state index is 8.49. The predicted octanol–water partition coefficient (Wildman–Crippen LogP) is 3.23. The van der Waals surface area contributed by atoms with Crippen LogP contribution in [0.3, 0.4) is 0 Å². The smallest absolute Gasteiger partial charge is 0.0465 e. The fourth-order valence-electron chi connectivity index (χ4n) is 0.901. The molecule has 74 valence electrons. The van der Waals surface area contributed by atoms with E-state index in [1.165, 1.54) is 0 Å². The normalized spacial score (nSPS) is 12.5. The molecule has 0 saturated carbocycles. The Morgan fingerprint density at radius 1 is 0.846 bits per heavy atom. The summed E-state index contributed by atoms with van der Waals surface area (Å²) in [6, 6.07) is 0. The van der Waals surface area contributed by atoms with Crippen LogP contribution in [0.15, 0.2) is 36.5 Å². The molecule has 0 aliphatic carbocycles. The van der Waals surface area contributed by atoms with E-state index < -0.39 is 0 Å². The highest BCUT2D eigenvalue weighted by Crippen LogP contribution is 1.92. The number of hydrogen-bond acceptors (Lipinski definition) is 1. The molecule has 0 aromatic heterocycles. The molecule has 0 atom stereocenters. The lowest BCUT2D eigenvalue weighted by Crippen LogP contribution is -1.74. The first kappa shape index (κ1) is 12.2. The fourth-order valence-corrected chi connectivity index (χ4v) is 0.901.